The second-order valence-electron chi connectivity index (χ2n) is 3.13. The van der Waals surface area contributed by atoms with Crippen LogP contribution >= 0.6 is 11.8 Å². The lowest BCUT2D eigenvalue weighted by Crippen LogP contribution is -2.61. The Bertz CT molecular complexity index is 136. The molecule has 0 bridgehead atoms. The zero-order valence-corrected chi connectivity index (χ0v) is 7.04. The van der Waals surface area contributed by atoms with E-state index in [2.05, 4.69) is 12.2 Å². The van der Waals surface area contributed by atoms with Crippen LogP contribution in [0, 0.1) is 0 Å². The van der Waals surface area contributed by atoms with Crippen LogP contribution in [0.15, 0.2) is 0 Å². The highest BCUT2D eigenvalue weighted by atomic mass is 32.2. The maximum Gasteiger partial charge on any atom is 0.112 e. The Labute approximate surface area is 65.7 Å². The molecule has 2 aliphatic heterocycles. The Balaban J connectivity index is 1.96. The molecule has 0 aromatic heterocycles. The molecule has 0 radical (unpaired) electrons. The quantitative estimate of drug-likeness (QED) is 0.565. The Kier molecular flexibility index (Phi) is 1.66. The van der Waals surface area contributed by atoms with Crippen LogP contribution in [0.4, 0.5) is 0 Å². The molecule has 2 aliphatic rings. The Morgan fingerprint density at radius 1 is 1.60 bits per heavy atom. The number of thioether (sulfide) groups is 1. The fraction of sp³-hybridized carbons (Fsp3) is 1.00. The van der Waals surface area contributed by atoms with Gasteiger partial charge in [-0.05, 0) is 13.0 Å². The lowest BCUT2D eigenvalue weighted by atomic mass is 10.2. The van der Waals surface area contributed by atoms with Crippen LogP contribution in [0.2, 0.25) is 0 Å². The van der Waals surface area contributed by atoms with Gasteiger partial charge in [0.15, 0.2) is 0 Å². The van der Waals surface area contributed by atoms with Crippen molar-refractivity contribution < 1.29 is 4.74 Å². The molecule has 1 unspecified atom stereocenters. The normalized spacial score (nSPS) is 37.5. The molecule has 10 heavy (non-hydrogen) atoms. The van der Waals surface area contributed by atoms with E-state index in [0.717, 1.165) is 25.0 Å². The number of nitrogens with one attached hydrogen (secondary N) is 1. The van der Waals surface area contributed by atoms with Gasteiger partial charge in [-0.2, -0.15) is 0 Å². The van der Waals surface area contributed by atoms with Crippen molar-refractivity contribution in [3.8, 4) is 0 Å². The maximum atomic E-state index is 5.18. The fourth-order valence-electron chi connectivity index (χ4n) is 1.45. The molecule has 2 fully saturated rings. The maximum absolute atomic E-state index is 5.18. The summed E-state index contributed by atoms with van der Waals surface area (Å²) >= 11 is 2.04. The first-order chi connectivity index (χ1) is 4.81. The van der Waals surface area contributed by atoms with Crippen LogP contribution in [0.3, 0.4) is 0 Å². The molecule has 2 rings (SSSR count). The molecule has 0 aromatic carbocycles. The summed E-state index contributed by atoms with van der Waals surface area (Å²) in [6.07, 6.45) is 1.30. The second kappa shape index (κ2) is 2.40. The van der Waals surface area contributed by atoms with Crippen molar-refractivity contribution >= 4 is 11.8 Å². The average molecular weight is 159 g/mol. The Morgan fingerprint density at radius 3 is 2.80 bits per heavy atom. The van der Waals surface area contributed by atoms with E-state index < -0.39 is 0 Å². The topological polar surface area (TPSA) is 21.3 Å². The molecular weight excluding hydrogens is 146 g/mol. The van der Waals surface area contributed by atoms with E-state index in [1.807, 2.05) is 11.8 Å². The van der Waals surface area contributed by atoms with Crippen molar-refractivity contribution in [2.75, 3.05) is 19.8 Å². The summed E-state index contributed by atoms with van der Waals surface area (Å²) in [4.78, 5) is 0.317. The molecule has 0 aliphatic carbocycles. The lowest BCUT2D eigenvalue weighted by Gasteiger charge is -2.46. The summed E-state index contributed by atoms with van der Waals surface area (Å²) in [6.45, 7) is 5.27. The molecule has 2 saturated heterocycles. The Morgan fingerprint density at radius 2 is 2.40 bits per heavy atom. The lowest BCUT2D eigenvalue weighted by molar-refractivity contribution is -0.0262. The Hall–Kier alpha value is 0.270. The zero-order valence-electron chi connectivity index (χ0n) is 6.22. The molecule has 2 nitrogen and oxygen atoms in total. The minimum atomic E-state index is 0.317. The van der Waals surface area contributed by atoms with E-state index in [1.54, 1.807) is 0 Å². The van der Waals surface area contributed by atoms with Gasteiger partial charge in [-0.3, -0.25) is 5.32 Å². The number of rotatable bonds is 0. The highest BCUT2D eigenvalue weighted by molar-refractivity contribution is 8.01. The molecule has 0 amide bonds. The van der Waals surface area contributed by atoms with Crippen molar-refractivity contribution in [3.63, 3.8) is 0 Å². The van der Waals surface area contributed by atoms with Crippen LogP contribution in [0.5, 0.6) is 0 Å². The second-order valence-corrected chi connectivity index (χ2v) is 4.95. The number of ether oxygens (including phenoxy) is 1. The summed E-state index contributed by atoms with van der Waals surface area (Å²) in [5.74, 6) is 0. The molecule has 1 N–H and O–H groups in total. The smallest absolute Gasteiger partial charge is 0.112 e. The van der Waals surface area contributed by atoms with E-state index in [4.69, 9.17) is 4.74 Å². The number of hydrogen-bond donors (Lipinski definition) is 1. The van der Waals surface area contributed by atoms with Gasteiger partial charge in [0, 0.05) is 5.25 Å². The number of hydrogen-bond acceptors (Lipinski definition) is 3. The van der Waals surface area contributed by atoms with E-state index in [-0.39, 0.29) is 0 Å². The van der Waals surface area contributed by atoms with Crippen LogP contribution in [-0.2, 0) is 4.74 Å². The summed E-state index contributed by atoms with van der Waals surface area (Å²) in [6, 6.07) is 0. The van der Waals surface area contributed by atoms with E-state index >= 15 is 0 Å². The molecule has 3 heteroatoms. The van der Waals surface area contributed by atoms with Crippen LogP contribution in [-0.4, -0.2) is 29.9 Å². The van der Waals surface area contributed by atoms with E-state index in [1.165, 1.54) is 6.42 Å². The van der Waals surface area contributed by atoms with Crippen molar-refractivity contribution in [2.24, 2.45) is 0 Å². The first-order valence-corrected chi connectivity index (χ1v) is 4.69. The summed E-state index contributed by atoms with van der Waals surface area (Å²) < 4.78 is 5.18. The standard InChI is InChI=1S/C7H13NOS/c1-6-2-3-8-7(10-6)4-9-5-7/h6,8H,2-5H2,1H3. The molecule has 0 aromatic rings. The van der Waals surface area contributed by atoms with Crippen LogP contribution < -0.4 is 5.32 Å². The summed E-state index contributed by atoms with van der Waals surface area (Å²) in [7, 11) is 0. The molecule has 1 spiro atoms. The third-order valence-corrected chi connectivity index (χ3v) is 3.56. The van der Waals surface area contributed by atoms with E-state index in [0.29, 0.717) is 4.87 Å². The largest absolute Gasteiger partial charge is 0.376 e. The SMILES string of the molecule is CC1CCNC2(COC2)S1. The average Bonchev–Trinajstić information content (AvgIpc) is 1.85. The van der Waals surface area contributed by atoms with Gasteiger partial charge in [-0.25, -0.2) is 0 Å². The predicted octanol–water partition coefficient (Wildman–Crippen LogP) is 0.828. The van der Waals surface area contributed by atoms with Gasteiger partial charge in [0.05, 0.1) is 13.2 Å². The van der Waals surface area contributed by atoms with Crippen LogP contribution in [0.1, 0.15) is 13.3 Å². The zero-order chi connectivity index (χ0) is 7.03. The highest BCUT2D eigenvalue weighted by Gasteiger charge is 2.42. The van der Waals surface area contributed by atoms with Crippen molar-refractivity contribution in [1.82, 2.24) is 5.32 Å². The third-order valence-electron chi connectivity index (χ3n) is 2.10. The van der Waals surface area contributed by atoms with Crippen LogP contribution in [0.25, 0.3) is 0 Å². The highest BCUT2D eigenvalue weighted by Crippen LogP contribution is 2.37. The van der Waals surface area contributed by atoms with Gasteiger partial charge < -0.3 is 4.74 Å². The molecule has 1 atom stereocenters. The van der Waals surface area contributed by atoms with Crippen molar-refractivity contribution in [3.05, 3.63) is 0 Å². The third kappa shape index (κ3) is 1.06. The summed E-state index contributed by atoms with van der Waals surface area (Å²) in [5, 5.41) is 4.31. The predicted molar refractivity (Wildman–Crippen MR) is 43.2 cm³/mol. The first-order valence-electron chi connectivity index (χ1n) is 3.81. The van der Waals surface area contributed by atoms with Gasteiger partial charge in [0.2, 0.25) is 0 Å². The molecule has 0 saturated carbocycles. The summed E-state index contributed by atoms with van der Waals surface area (Å²) in [5.41, 5.74) is 0. The monoisotopic (exact) mass is 159 g/mol. The van der Waals surface area contributed by atoms with Gasteiger partial charge in [-0.15, -0.1) is 11.8 Å². The minimum Gasteiger partial charge on any atom is -0.376 e. The van der Waals surface area contributed by atoms with Gasteiger partial charge in [0.25, 0.3) is 0 Å². The molecular formula is C7H13NOS. The molecule has 58 valence electrons. The fourth-order valence-corrected chi connectivity index (χ4v) is 2.94. The van der Waals surface area contributed by atoms with Gasteiger partial charge >= 0.3 is 0 Å². The molecule has 2 heterocycles. The van der Waals surface area contributed by atoms with Gasteiger partial charge in [0.1, 0.15) is 4.87 Å². The van der Waals surface area contributed by atoms with Crippen molar-refractivity contribution in [1.29, 1.82) is 0 Å². The first kappa shape index (κ1) is 6.95. The van der Waals surface area contributed by atoms with Crippen molar-refractivity contribution in [2.45, 2.75) is 23.5 Å². The van der Waals surface area contributed by atoms with Gasteiger partial charge in [-0.1, -0.05) is 6.92 Å². The minimum absolute atomic E-state index is 0.317. The van der Waals surface area contributed by atoms with E-state index in [9.17, 15) is 0 Å².